The second-order valence-corrected chi connectivity index (χ2v) is 14.5. The van der Waals surface area contributed by atoms with Gasteiger partial charge in [-0.25, -0.2) is 9.38 Å². The van der Waals surface area contributed by atoms with Crippen LogP contribution in [0.4, 0.5) is 4.39 Å². The summed E-state index contributed by atoms with van der Waals surface area (Å²) in [7, 11) is 1.71. The molecule has 4 heterocycles. The fourth-order valence-electron chi connectivity index (χ4n) is 7.18. The van der Waals surface area contributed by atoms with Crippen molar-refractivity contribution in [1.29, 1.82) is 0 Å². The Morgan fingerprint density at radius 1 is 1.05 bits per heavy atom. The molecule has 2 unspecified atom stereocenters. The lowest BCUT2D eigenvalue weighted by atomic mass is 9.81. The number of fused-ring (bicyclic) bond motifs is 1. The Morgan fingerprint density at radius 3 is 2.27 bits per heavy atom. The summed E-state index contributed by atoms with van der Waals surface area (Å²) in [5.41, 5.74) is 2.25. The number of hydrogen-bond acceptors (Lipinski definition) is 6. The first-order valence-corrected chi connectivity index (χ1v) is 16.8. The van der Waals surface area contributed by atoms with Crippen molar-refractivity contribution in [1.82, 2.24) is 20.0 Å². The topological polar surface area (TPSA) is 68.2 Å². The third kappa shape index (κ3) is 5.23. The molecule has 2 aromatic rings. The highest BCUT2D eigenvalue weighted by Crippen LogP contribution is 2.56. The number of halogens is 3. The van der Waals surface area contributed by atoms with Crippen LogP contribution in [-0.2, 0) is 15.1 Å². The number of amidine groups is 1. The van der Waals surface area contributed by atoms with Crippen LogP contribution in [0.15, 0.2) is 64.1 Å². The highest BCUT2D eigenvalue weighted by molar-refractivity contribution is 8.18. The van der Waals surface area contributed by atoms with Crippen molar-refractivity contribution in [2.24, 2.45) is 10.9 Å². The molecular weight excluding hydrogens is 620 g/mol. The third-order valence-electron chi connectivity index (χ3n) is 9.48. The minimum atomic E-state index is -1.13. The molecule has 2 amide bonds. The highest BCUT2D eigenvalue weighted by Gasteiger charge is 2.54. The van der Waals surface area contributed by atoms with Gasteiger partial charge in [-0.1, -0.05) is 61.3 Å². The first-order chi connectivity index (χ1) is 20.9. The number of aliphatic imine (C=N–C) groups is 1. The second kappa shape index (κ2) is 12.0. The van der Waals surface area contributed by atoms with E-state index in [4.69, 9.17) is 28.2 Å². The van der Waals surface area contributed by atoms with E-state index in [-0.39, 0.29) is 36.4 Å². The molecule has 1 N–H and O–H groups in total. The van der Waals surface area contributed by atoms with Crippen LogP contribution >= 0.6 is 35.0 Å². The summed E-state index contributed by atoms with van der Waals surface area (Å²) in [4.78, 5) is 39.7. The average molecular weight is 659 g/mol. The summed E-state index contributed by atoms with van der Waals surface area (Å²) < 4.78 is 14.6. The van der Waals surface area contributed by atoms with Crippen molar-refractivity contribution in [3.8, 4) is 0 Å². The van der Waals surface area contributed by atoms with Crippen molar-refractivity contribution in [2.45, 2.75) is 76.4 Å². The Hall–Kier alpha value is -2.59. The maximum absolute atomic E-state index is 14.6. The number of nitrogens with one attached hydrogen (secondary N) is 1. The number of allylic oxidation sites excluding steroid dienone is 1. The van der Waals surface area contributed by atoms with E-state index in [9.17, 15) is 14.0 Å². The number of likely N-dealkylation sites (tertiary alicyclic amines) is 2. The Balaban J connectivity index is 1.38. The summed E-state index contributed by atoms with van der Waals surface area (Å²) in [5.74, 6) is -0.348. The predicted molar refractivity (Wildman–Crippen MR) is 175 cm³/mol. The van der Waals surface area contributed by atoms with E-state index < -0.39 is 23.8 Å². The molecule has 2 aromatic carbocycles. The monoisotopic (exact) mass is 657 g/mol. The smallest absolute Gasteiger partial charge is 0.263 e. The Kier molecular flexibility index (Phi) is 8.54. The first-order valence-electron chi connectivity index (χ1n) is 15.2. The van der Waals surface area contributed by atoms with Crippen LogP contribution in [0.3, 0.4) is 0 Å². The highest BCUT2D eigenvalue weighted by atomic mass is 35.5. The Labute approximate surface area is 272 Å². The first kappa shape index (κ1) is 31.4. The van der Waals surface area contributed by atoms with Gasteiger partial charge in [-0.2, -0.15) is 0 Å². The number of thioether (sulfide) groups is 1. The van der Waals surface area contributed by atoms with Crippen LogP contribution in [0, 0.1) is 5.92 Å². The van der Waals surface area contributed by atoms with Gasteiger partial charge in [0.2, 0.25) is 5.91 Å². The van der Waals surface area contributed by atoms with Crippen molar-refractivity contribution < 1.29 is 14.0 Å². The molecule has 0 bridgehead atoms. The molecule has 2 fully saturated rings. The lowest BCUT2D eigenvalue weighted by Gasteiger charge is -2.37. The molecule has 7 nitrogen and oxygen atoms in total. The van der Waals surface area contributed by atoms with Crippen LogP contribution in [0.1, 0.15) is 57.7 Å². The molecule has 0 aliphatic carbocycles. The Bertz CT molecular complexity index is 1520. The molecule has 6 atom stereocenters. The van der Waals surface area contributed by atoms with E-state index in [1.807, 2.05) is 55.5 Å². The molecule has 11 heteroatoms. The standard InChI is InChI=1S/C33H38Cl2FN5O2S/c1-18(2)27-28(31(43)40-19(3)6-15-26(40)30(42)39-16-24(36)25(17-39)37-5)44-32-38-33(4,21-9-13-23(35)14-10-21)29(41(27)32)20-7-11-22(34)12-8-20/h7-14,18-19,24-26,29,37H,6,15-17H2,1-5H3/t19-,24?,25?,26+,29-,33+/m1/s1. The van der Waals surface area contributed by atoms with E-state index in [2.05, 4.69) is 31.0 Å². The van der Waals surface area contributed by atoms with Crippen LogP contribution in [0.5, 0.6) is 0 Å². The lowest BCUT2D eigenvalue weighted by Crippen LogP contribution is -2.50. The number of hydrogen-bond donors (Lipinski definition) is 1. The second-order valence-electron chi connectivity index (χ2n) is 12.7. The van der Waals surface area contributed by atoms with Gasteiger partial charge in [-0.15, -0.1) is 0 Å². The fraction of sp³-hybridized carbons (Fsp3) is 0.485. The molecule has 4 aliphatic heterocycles. The summed E-state index contributed by atoms with van der Waals surface area (Å²) in [6.45, 7) is 8.62. The maximum Gasteiger partial charge on any atom is 0.263 e. The van der Waals surface area contributed by atoms with Gasteiger partial charge in [0.05, 0.1) is 18.6 Å². The van der Waals surface area contributed by atoms with Crippen LogP contribution in [0.2, 0.25) is 10.0 Å². The largest absolute Gasteiger partial charge is 0.336 e. The zero-order valence-electron chi connectivity index (χ0n) is 25.6. The van der Waals surface area contributed by atoms with Crippen LogP contribution < -0.4 is 5.32 Å². The van der Waals surface area contributed by atoms with Crippen LogP contribution in [0.25, 0.3) is 0 Å². The number of nitrogens with zero attached hydrogens (tertiary/aromatic N) is 4. The van der Waals surface area contributed by atoms with E-state index in [0.717, 1.165) is 22.0 Å². The van der Waals surface area contributed by atoms with Crippen molar-refractivity contribution >= 4 is 51.9 Å². The van der Waals surface area contributed by atoms with Crippen molar-refractivity contribution in [3.63, 3.8) is 0 Å². The molecule has 0 aromatic heterocycles. The zero-order chi connectivity index (χ0) is 31.5. The number of alkyl halides is 1. The third-order valence-corrected chi connectivity index (χ3v) is 11.0. The predicted octanol–water partition coefficient (Wildman–Crippen LogP) is 6.38. The van der Waals surface area contributed by atoms with Crippen LogP contribution in [-0.4, -0.2) is 76.1 Å². The van der Waals surface area contributed by atoms with Gasteiger partial charge in [0.1, 0.15) is 22.7 Å². The van der Waals surface area contributed by atoms with Gasteiger partial charge < -0.3 is 20.0 Å². The van der Waals surface area contributed by atoms with Gasteiger partial charge in [0.25, 0.3) is 5.91 Å². The molecule has 44 heavy (non-hydrogen) atoms. The van der Waals surface area contributed by atoms with Gasteiger partial charge in [0.15, 0.2) is 5.17 Å². The normalized spacial score (nSPS) is 30.1. The van der Waals surface area contributed by atoms with E-state index >= 15 is 0 Å². The molecule has 0 radical (unpaired) electrons. The fourth-order valence-corrected chi connectivity index (χ4v) is 8.78. The summed E-state index contributed by atoms with van der Waals surface area (Å²) in [5, 5.41) is 5.01. The minimum absolute atomic E-state index is 0.00848. The number of benzene rings is 2. The Morgan fingerprint density at radius 2 is 1.68 bits per heavy atom. The molecule has 6 rings (SSSR count). The summed E-state index contributed by atoms with van der Waals surface area (Å²) in [6, 6.07) is 14.2. The van der Waals surface area contributed by atoms with Gasteiger partial charge in [0, 0.05) is 28.3 Å². The van der Waals surface area contributed by atoms with E-state index in [1.54, 1.807) is 16.8 Å². The van der Waals surface area contributed by atoms with E-state index in [1.165, 1.54) is 11.8 Å². The maximum atomic E-state index is 14.6. The zero-order valence-corrected chi connectivity index (χ0v) is 27.9. The minimum Gasteiger partial charge on any atom is -0.336 e. The molecule has 0 saturated carbocycles. The summed E-state index contributed by atoms with van der Waals surface area (Å²) in [6.07, 6.45) is 0.148. The number of carbonyl (C=O) groups is 2. The van der Waals surface area contributed by atoms with E-state index in [0.29, 0.717) is 34.3 Å². The van der Waals surface area contributed by atoms with Crippen molar-refractivity contribution in [2.75, 3.05) is 20.1 Å². The number of carbonyl (C=O) groups excluding carboxylic acids is 2. The number of rotatable bonds is 6. The lowest BCUT2D eigenvalue weighted by molar-refractivity contribution is -0.142. The van der Waals surface area contributed by atoms with Gasteiger partial charge >= 0.3 is 0 Å². The number of amides is 2. The molecule has 234 valence electrons. The average Bonchev–Trinajstić information content (AvgIpc) is 3.73. The molecule has 0 spiro atoms. The quantitative estimate of drug-likeness (QED) is 0.390. The van der Waals surface area contributed by atoms with Gasteiger partial charge in [-0.3, -0.25) is 9.59 Å². The van der Waals surface area contributed by atoms with Gasteiger partial charge in [-0.05, 0) is 86.8 Å². The molecule has 2 saturated heterocycles. The summed E-state index contributed by atoms with van der Waals surface area (Å²) >= 11 is 13.9. The molecule has 4 aliphatic rings. The van der Waals surface area contributed by atoms with Crippen molar-refractivity contribution in [3.05, 3.63) is 80.3 Å². The number of likely N-dealkylation sites (N-methyl/N-ethyl adjacent to an activating group) is 1. The SMILES string of the molecule is CNC1CN(C(=O)[C@@H]2CC[C@@H](C)N2C(=O)C2=C(C(C)C)N3C(=N[C@@](C)(c4ccc(Cl)cc4)[C@H]3c3ccc(Cl)cc3)S2)CC1F. The molecular formula is C33H38Cl2FN5O2S.